The van der Waals surface area contributed by atoms with Gasteiger partial charge in [-0.2, -0.15) is 0 Å². The molecule has 168 valence electrons. The molecule has 0 aromatic heterocycles. The van der Waals surface area contributed by atoms with Crippen LogP contribution in [0.5, 0.6) is 5.75 Å². The molecule has 3 rings (SSSR count). The van der Waals surface area contributed by atoms with Crippen molar-refractivity contribution in [2.24, 2.45) is 0 Å². The number of sulfonamides is 1. The first-order chi connectivity index (χ1) is 14.8. The van der Waals surface area contributed by atoms with E-state index in [9.17, 15) is 13.2 Å². The minimum Gasteiger partial charge on any atom is -0.497 e. The molecule has 0 fully saturated rings. The number of anilines is 1. The Kier molecular flexibility index (Phi) is 7.59. The lowest BCUT2D eigenvalue weighted by Gasteiger charge is -2.23. The number of fused-ring (bicyclic) bond motifs is 1. The largest absolute Gasteiger partial charge is 0.497 e. The monoisotopic (exact) mass is 444 g/mol. The van der Waals surface area contributed by atoms with E-state index in [1.165, 1.54) is 41.6 Å². The fraction of sp³-hybridized carbons (Fsp3) is 0.458. The van der Waals surface area contributed by atoms with Crippen molar-refractivity contribution >= 4 is 21.6 Å². The number of aryl methyl sites for hydroxylation is 2. The fourth-order valence-electron chi connectivity index (χ4n) is 4.05. The van der Waals surface area contributed by atoms with Crippen LogP contribution in [-0.2, 0) is 27.7 Å². The summed E-state index contributed by atoms with van der Waals surface area (Å²) >= 11 is 0. The molecule has 1 N–H and O–H groups in total. The lowest BCUT2D eigenvalue weighted by atomic mass is 9.89. The zero-order chi connectivity index (χ0) is 22.4. The fourth-order valence-corrected chi connectivity index (χ4v) is 5.01. The Balaban J connectivity index is 1.56. The van der Waals surface area contributed by atoms with Crippen molar-refractivity contribution in [2.45, 2.75) is 51.5 Å². The molecule has 7 heteroatoms. The molecule has 1 aliphatic carbocycles. The van der Waals surface area contributed by atoms with Crippen LogP contribution in [0.15, 0.2) is 42.5 Å². The van der Waals surface area contributed by atoms with Crippen molar-refractivity contribution in [2.75, 3.05) is 24.2 Å². The van der Waals surface area contributed by atoms with E-state index in [0.29, 0.717) is 17.9 Å². The third-order valence-corrected chi connectivity index (χ3v) is 6.95. The Morgan fingerprint density at radius 3 is 2.58 bits per heavy atom. The van der Waals surface area contributed by atoms with Gasteiger partial charge in [0.1, 0.15) is 5.75 Å². The predicted octanol–water partition coefficient (Wildman–Crippen LogP) is 4.00. The van der Waals surface area contributed by atoms with E-state index in [0.717, 1.165) is 18.4 Å². The molecule has 1 aliphatic rings. The first-order valence-electron chi connectivity index (χ1n) is 10.8. The number of ether oxygens (including phenoxy) is 1. The lowest BCUT2D eigenvalue weighted by molar-refractivity contribution is -0.121. The number of carbonyl (C=O) groups excluding carboxylic acids is 1. The maximum absolute atomic E-state index is 12.5. The number of methoxy groups -OCH3 is 1. The Labute approximate surface area is 185 Å². The molecule has 0 saturated heterocycles. The van der Waals surface area contributed by atoms with E-state index < -0.39 is 10.0 Å². The van der Waals surface area contributed by atoms with Crippen molar-refractivity contribution in [3.63, 3.8) is 0 Å². The quantitative estimate of drug-likeness (QED) is 0.634. The Bertz CT molecular complexity index is 1020. The standard InChI is InChI=1S/C24H32N2O4S/c1-18(20-14-13-19-8-4-5-9-21(19)16-20)25-24(27)12-7-15-26(31(3,28)29)22-10-6-11-23(17-22)30-2/h6,10-11,13-14,16-18H,4-5,7-9,12,15H2,1-3H3,(H,25,27). The van der Waals surface area contributed by atoms with Crippen molar-refractivity contribution in [3.8, 4) is 5.75 Å². The molecule has 0 heterocycles. The molecule has 6 nitrogen and oxygen atoms in total. The van der Waals surface area contributed by atoms with Crippen LogP contribution < -0.4 is 14.4 Å². The van der Waals surface area contributed by atoms with Gasteiger partial charge in [0.25, 0.3) is 0 Å². The minimum atomic E-state index is -3.47. The van der Waals surface area contributed by atoms with Gasteiger partial charge >= 0.3 is 0 Å². The number of hydrogen-bond acceptors (Lipinski definition) is 4. The first-order valence-corrected chi connectivity index (χ1v) is 12.7. The van der Waals surface area contributed by atoms with Crippen LogP contribution in [0.4, 0.5) is 5.69 Å². The van der Waals surface area contributed by atoms with Gasteiger partial charge in [-0.3, -0.25) is 9.10 Å². The van der Waals surface area contributed by atoms with Gasteiger partial charge in [0.2, 0.25) is 15.9 Å². The number of hydrogen-bond donors (Lipinski definition) is 1. The highest BCUT2D eigenvalue weighted by molar-refractivity contribution is 7.92. The number of carbonyl (C=O) groups is 1. The van der Waals surface area contributed by atoms with Gasteiger partial charge in [0.05, 0.1) is 25.1 Å². The summed E-state index contributed by atoms with van der Waals surface area (Å²) in [6.07, 6.45) is 6.57. The van der Waals surface area contributed by atoms with E-state index in [4.69, 9.17) is 4.74 Å². The third kappa shape index (κ3) is 6.23. The van der Waals surface area contributed by atoms with E-state index in [1.807, 2.05) is 6.92 Å². The SMILES string of the molecule is COc1cccc(N(CCCC(=O)NC(C)c2ccc3c(c2)CCCC3)S(C)(=O)=O)c1. The number of amides is 1. The zero-order valence-electron chi connectivity index (χ0n) is 18.6. The molecule has 31 heavy (non-hydrogen) atoms. The van der Waals surface area contributed by atoms with E-state index in [-0.39, 0.29) is 24.9 Å². The van der Waals surface area contributed by atoms with Crippen molar-refractivity contribution in [1.82, 2.24) is 5.32 Å². The van der Waals surface area contributed by atoms with Crippen LogP contribution in [0.2, 0.25) is 0 Å². The second kappa shape index (κ2) is 10.2. The molecule has 0 spiro atoms. The average molecular weight is 445 g/mol. The second-order valence-electron chi connectivity index (χ2n) is 8.16. The zero-order valence-corrected chi connectivity index (χ0v) is 19.4. The Morgan fingerprint density at radius 1 is 1.13 bits per heavy atom. The molecular weight excluding hydrogens is 412 g/mol. The first kappa shape index (κ1) is 23.1. The minimum absolute atomic E-state index is 0.0793. The molecule has 0 bridgehead atoms. The van der Waals surface area contributed by atoms with Crippen molar-refractivity contribution < 1.29 is 17.9 Å². The molecular formula is C24H32N2O4S. The molecule has 1 atom stereocenters. The van der Waals surface area contributed by atoms with Crippen LogP contribution in [0.3, 0.4) is 0 Å². The maximum Gasteiger partial charge on any atom is 0.232 e. The summed E-state index contributed by atoms with van der Waals surface area (Å²) < 4.78 is 31.1. The highest BCUT2D eigenvalue weighted by Gasteiger charge is 2.19. The Hall–Kier alpha value is -2.54. The van der Waals surface area contributed by atoms with E-state index >= 15 is 0 Å². The second-order valence-corrected chi connectivity index (χ2v) is 10.1. The van der Waals surface area contributed by atoms with Crippen LogP contribution in [0.1, 0.15) is 55.3 Å². The highest BCUT2D eigenvalue weighted by atomic mass is 32.2. The van der Waals surface area contributed by atoms with E-state index in [2.05, 4.69) is 23.5 Å². The van der Waals surface area contributed by atoms with Crippen LogP contribution in [0.25, 0.3) is 0 Å². The van der Waals surface area contributed by atoms with Gasteiger partial charge in [-0.15, -0.1) is 0 Å². The van der Waals surface area contributed by atoms with Gasteiger partial charge in [-0.25, -0.2) is 8.42 Å². The summed E-state index contributed by atoms with van der Waals surface area (Å²) in [4.78, 5) is 12.5. The summed E-state index contributed by atoms with van der Waals surface area (Å²) in [5, 5.41) is 3.05. The maximum atomic E-state index is 12.5. The number of nitrogens with zero attached hydrogens (tertiary/aromatic N) is 1. The Morgan fingerprint density at radius 2 is 1.87 bits per heavy atom. The summed E-state index contributed by atoms with van der Waals surface area (Å²) in [6.45, 7) is 2.22. The third-order valence-electron chi connectivity index (χ3n) is 5.76. The number of nitrogens with one attached hydrogen (secondary N) is 1. The van der Waals surface area contributed by atoms with Crippen LogP contribution >= 0.6 is 0 Å². The highest BCUT2D eigenvalue weighted by Crippen LogP contribution is 2.25. The van der Waals surface area contributed by atoms with E-state index in [1.54, 1.807) is 24.3 Å². The molecule has 1 amide bonds. The lowest BCUT2D eigenvalue weighted by Crippen LogP contribution is -2.32. The summed E-state index contributed by atoms with van der Waals surface area (Å²) in [5.41, 5.74) is 4.46. The van der Waals surface area contributed by atoms with Crippen LogP contribution in [-0.4, -0.2) is 34.2 Å². The number of rotatable bonds is 9. The molecule has 0 aliphatic heterocycles. The van der Waals surface area contributed by atoms with Crippen LogP contribution in [0, 0.1) is 0 Å². The smallest absolute Gasteiger partial charge is 0.232 e. The van der Waals surface area contributed by atoms with Gasteiger partial charge in [0.15, 0.2) is 0 Å². The molecule has 2 aromatic rings. The molecule has 2 aromatic carbocycles. The summed E-state index contributed by atoms with van der Waals surface area (Å²) in [6, 6.07) is 13.3. The normalized spacial score (nSPS) is 14.4. The number of benzene rings is 2. The average Bonchev–Trinajstić information content (AvgIpc) is 2.75. The molecule has 0 saturated carbocycles. The van der Waals surface area contributed by atoms with Gasteiger partial charge in [-0.1, -0.05) is 24.3 Å². The van der Waals surface area contributed by atoms with Gasteiger partial charge in [0, 0.05) is 19.0 Å². The molecule has 1 unspecified atom stereocenters. The van der Waals surface area contributed by atoms with Crippen molar-refractivity contribution in [1.29, 1.82) is 0 Å². The molecule has 0 radical (unpaired) electrons. The summed E-state index contributed by atoms with van der Waals surface area (Å²) in [5.74, 6) is 0.507. The van der Waals surface area contributed by atoms with Gasteiger partial charge in [-0.05, 0) is 67.9 Å². The summed E-state index contributed by atoms with van der Waals surface area (Å²) in [7, 11) is -1.93. The van der Waals surface area contributed by atoms with Gasteiger partial charge < -0.3 is 10.1 Å². The topological polar surface area (TPSA) is 75.7 Å². The predicted molar refractivity (Wildman–Crippen MR) is 124 cm³/mol. The van der Waals surface area contributed by atoms with Crippen molar-refractivity contribution in [3.05, 3.63) is 59.2 Å².